The molecule has 1 aliphatic rings. The maximum atomic E-state index is 12.6. The highest BCUT2D eigenvalue weighted by molar-refractivity contribution is 7.86. The van der Waals surface area contributed by atoms with Gasteiger partial charge < -0.3 is 0 Å². The third-order valence-corrected chi connectivity index (χ3v) is 5.96. The van der Waals surface area contributed by atoms with Gasteiger partial charge in [0, 0.05) is 31.6 Å². The first-order valence-corrected chi connectivity index (χ1v) is 8.69. The van der Waals surface area contributed by atoms with Crippen molar-refractivity contribution in [2.75, 3.05) is 25.5 Å². The third kappa shape index (κ3) is 3.83. The molecule has 1 heterocycles. The van der Waals surface area contributed by atoms with Crippen LogP contribution in [-0.2, 0) is 10.2 Å². The molecule has 0 amide bonds. The number of piperidine rings is 1. The molecule has 0 radical (unpaired) electrons. The molecule has 1 rings (SSSR count). The van der Waals surface area contributed by atoms with E-state index in [1.807, 2.05) is 20.8 Å². The molecule has 0 bridgehead atoms. The van der Waals surface area contributed by atoms with E-state index in [9.17, 15) is 8.42 Å². The Bertz CT molecular complexity index is 346. The first kappa shape index (κ1) is 16.2. The van der Waals surface area contributed by atoms with Crippen LogP contribution in [0, 0.1) is 5.92 Å². The fourth-order valence-corrected chi connectivity index (χ4v) is 4.62. The van der Waals surface area contributed by atoms with E-state index >= 15 is 0 Å². The van der Waals surface area contributed by atoms with E-state index < -0.39 is 10.2 Å². The first-order valence-electron chi connectivity index (χ1n) is 6.76. The summed E-state index contributed by atoms with van der Waals surface area (Å²) < 4.78 is 28.4. The minimum Gasteiger partial charge on any atom is -0.195 e. The smallest absolute Gasteiger partial charge is 0.195 e. The van der Waals surface area contributed by atoms with Gasteiger partial charge in [0.25, 0.3) is 10.2 Å². The molecule has 18 heavy (non-hydrogen) atoms. The summed E-state index contributed by atoms with van der Waals surface area (Å²) in [4.78, 5) is 0. The fraction of sp³-hybridized carbons (Fsp3) is 1.00. The molecule has 4 nitrogen and oxygen atoms in total. The molecule has 1 atom stereocenters. The van der Waals surface area contributed by atoms with Gasteiger partial charge in [-0.2, -0.15) is 17.0 Å². The molecular formula is C12H25ClN2O2S. The fourth-order valence-electron chi connectivity index (χ4n) is 2.37. The zero-order valence-corrected chi connectivity index (χ0v) is 13.2. The molecule has 0 aromatic carbocycles. The molecule has 108 valence electrons. The van der Waals surface area contributed by atoms with Crippen molar-refractivity contribution in [1.29, 1.82) is 0 Å². The lowest BCUT2D eigenvalue weighted by Gasteiger charge is -2.36. The number of alkyl halides is 1. The van der Waals surface area contributed by atoms with Crippen molar-refractivity contribution in [3.63, 3.8) is 0 Å². The van der Waals surface area contributed by atoms with Crippen LogP contribution in [0.5, 0.6) is 0 Å². The maximum absolute atomic E-state index is 12.6. The summed E-state index contributed by atoms with van der Waals surface area (Å²) >= 11 is 5.86. The minimum absolute atomic E-state index is 0.00586. The van der Waals surface area contributed by atoms with E-state index in [-0.39, 0.29) is 6.04 Å². The van der Waals surface area contributed by atoms with Gasteiger partial charge in [0.2, 0.25) is 0 Å². The van der Waals surface area contributed by atoms with Crippen molar-refractivity contribution in [3.05, 3.63) is 0 Å². The molecular weight excluding hydrogens is 272 g/mol. The Morgan fingerprint density at radius 2 is 2.11 bits per heavy atom. The lowest BCUT2D eigenvalue weighted by molar-refractivity contribution is 0.248. The number of halogens is 1. The van der Waals surface area contributed by atoms with E-state index in [4.69, 9.17) is 11.6 Å². The van der Waals surface area contributed by atoms with Gasteiger partial charge in [-0.3, -0.25) is 0 Å². The highest BCUT2D eigenvalue weighted by Gasteiger charge is 2.34. The molecule has 0 spiro atoms. The van der Waals surface area contributed by atoms with Gasteiger partial charge in [-0.1, -0.05) is 6.92 Å². The summed E-state index contributed by atoms with van der Waals surface area (Å²) in [5.41, 5.74) is 0. The summed E-state index contributed by atoms with van der Waals surface area (Å²) in [5, 5.41) is 0. The van der Waals surface area contributed by atoms with Crippen molar-refractivity contribution in [2.24, 2.45) is 5.92 Å². The van der Waals surface area contributed by atoms with Crippen LogP contribution in [0.1, 0.15) is 40.0 Å². The summed E-state index contributed by atoms with van der Waals surface area (Å²) in [6, 6.07) is 0.00586. The first-order chi connectivity index (χ1) is 8.43. The van der Waals surface area contributed by atoms with Crippen LogP contribution >= 0.6 is 11.6 Å². The predicted octanol–water partition coefficient (Wildman–Crippen LogP) is 2.30. The molecule has 0 aromatic heterocycles. The van der Waals surface area contributed by atoms with Gasteiger partial charge in [0.05, 0.1) is 0 Å². The zero-order valence-electron chi connectivity index (χ0n) is 11.6. The van der Waals surface area contributed by atoms with Crippen molar-refractivity contribution < 1.29 is 8.42 Å². The minimum atomic E-state index is -3.32. The highest BCUT2D eigenvalue weighted by Crippen LogP contribution is 2.23. The molecule has 0 N–H and O–H groups in total. The van der Waals surface area contributed by atoms with Crippen LogP contribution in [0.2, 0.25) is 0 Å². The van der Waals surface area contributed by atoms with Crippen LogP contribution in [0.15, 0.2) is 0 Å². The Labute approximate surface area is 116 Å². The van der Waals surface area contributed by atoms with Crippen LogP contribution in [0.25, 0.3) is 0 Å². The quantitative estimate of drug-likeness (QED) is 0.706. The monoisotopic (exact) mass is 296 g/mol. The molecule has 1 aliphatic heterocycles. The van der Waals surface area contributed by atoms with Crippen molar-refractivity contribution >= 4 is 21.8 Å². The number of hydrogen-bond acceptors (Lipinski definition) is 2. The lowest BCUT2D eigenvalue weighted by Crippen LogP contribution is -2.50. The Kier molecular flexibility index (Phi) is 6.38. The largest absolute Gasteiger partial charge is 0.282 e. The van der Waals surface area contributed by atoms with Crippen LogP contribution < -0.4 is 0 Å². The van der Waals surface area contributed by atoms with Gasteiger partial charge in [0.15, 0.2) is 0 Å². The highest BCUT2D eigenvalue weighted by atomic mass is 35.5. The summed E-state index contributed by atoms with van der Waals surface area (Å²) in [5.74, 6) is 0.840. The van der Waals surface area contributed by atoms with Crippen molar-refractivity contribution in [3.8, 4) is 0 Å². The lowest BCUT2D eigenvalue weighted by atomic mass is 10.0. The van der Waals surface area contributed by atoms with Crippen molar-refractivity contribution in [2.45, 2.75) is 46.1 Å². The standard InChI is InChI=1S/C12H25ClN2O2S/c1-4-7-15(11(2)3)18(16,17)14-8-5-6-12(9-13)10-14/h11-12H,4-10H2,1-3H3. The Morgan fingerprint density at radius 3 is 2.61 bits per heavy atom. The molecule has 1 saturated heterocycles. The summed E-state index contributed by atoms with van der Waals surface area (Å²) in [6.45, 7) is 7.64. The molecule has 0 aromatic rings. The maximum Gasteiger partial charge on any atom is 0.282 e. The topological polar surface area (TPSA) is 40.6 Å². The normalized spacial score (nSPS) is 22.9. The second-order valence-corrected chi connectivity index (χ2v) is 7.42. The second kappa shape index (κ2) is 7.08. The number of rotatable bonds is 6. The van der Waals surface area contributed by atoms with Gasteiger partial charge in [0.1, 0.15) is 0 Å². The van der Waals surface area contributed by atoms with Gasteiger partial charge in [-0.15, -0.1) is 11.6 Å². The summed E-state index contributed by atoms with van der Waals surface area (Å²) in [6.07, 6.45) is 2.78. The number of hydrogen-bond donors (Lipinski definition) is 0. The van der Waals surface area contributed by atoms with E-state index in [2.05, 4.69) is 0 Å². The van der Waals surface area contributed by atoms with E-state index in [0.717, 1.165) is 19.3 Å². The summed E-state index contributed by atoms with van der Waals surface area (Å²) in [7, 11) is -3.32. The molecule has 1 unspecified atom stereocenters. The Balaban J connectivity index is 2.83. The molecule has 0 saturated carbocycles. The zero-order chi connectivity index (χ0) is 13.8. The molecule has 6 heteroatoms. The molecule has 1 fully saturated rings. The van der Waals surface area contributed by atoms with Crippen LogP contribution in [-0.4, -0.2) is 48.6 Å². The van der Waals surface area contributed by atoms with E-state index in [1.165, 1.54) is 0 Å². The average Bonchev–Trinajstić information content (AvgIpc) is 2.35. The van der Waals surface area contributed by atoms with Crippen LogP contribution in [0.3, 0.4) is 0 Å². The SMILES string of the molecule is CCCN(C(C)C)S(=O)(=O)N1CCCC(CCl)C1. The second-order valence-electron chi connectivity index (χ2n) is 5.23. The third-order valence-electron chi connectivity index (χ3n) is 3.34. The molecule has 0 aliphatic carbocycles. The Morgan fingerprint density at radius 1 is 1.44 bits per heavy atom. The van der Waals surface area contributed by atoms with Gasteiger partial charge in [-0.05, 0) is 39.0 Å². The Hall–Kier alpha value is 0.160. The predicted molar refractivity (Wildman–Crippen MR) is 76.1 cm³/mol. The van der Waals surface area contributed by atoms with Crippen molar-refractivity contribution in [1.82, 2.24) is 8.61 Å². The van der Waals surface area contributed by atoms with Gasteiger partial charge in [-0.25, -0.2) is 0 Å². The van der Waals surface area contributed by atoms with Gasteiger partial charge >= 0.3 is 0 Å². The van der Waals surface area contributed by atoms with Crippen LogP contribution in [0.4, 0.5) is 0 Å². The van der Waals surface area contributed by atoms with E-state index in [1.54, 1.807) is 8.61 Å². The average molecular weight is 297 g/mol. The number of nitrogens with zero attached hydrogens (tertiary/aromatic N) is 2. The van der Waals surface area contributed by atoms with E-state index in [0.29, 0.717) is 31.4 Å².